The molecule has 28 heavy (non-hydrogen) atoms. The smallest absolute Gasteiger partial charge is 0.272 e. The Morgan fingerprint density at radius 3 is 2.64 bits per heavy atom. The number of fused-ring (bicyclic) bond motifs is 1. The van der Waals surface area contributed by atoms with E-state index in [1.807, 2.05) is 0 Å². The quantitative estimate of drug-likeness (QED) is 0.260. The number of benzene rings is 2. The Balaban J connectivity index is 1.96. The summed E-state index contributed by atoms with van der Waals surface area (Å²) in [6.45, 7) is 0.179. The Bertz CT molecular complexity index is 1220. The third kappa shape index (κ3) is 4.15. The Labute approximate surface area is 173 Å². The zero-order valence-corrected chi connectivity index (χ0v) is 16.5. The van der Waals surface area contributed by atoms with Crippen molar-refractivity contribution in [3.05, 3.63) is 73.0 Å². The van der Waals surface area contributed by atoms with Gasteiger partial charge in [-0.15, -0.1) is 6.42 Å². The van der Waals surface area contributed by atoms with E-state index in [1.165, 1.54) is 35.6 Å². The number of nitro benzene ring substituents is 1. The van der Waals surface area contributed by atoms with Crippen molar-refractivity contribution in [2.24, 2.45) is 4.99 Å². The molecule has 0 N–H and O–H groups in total. The van der Waals surface area contributed by atoms with Gasteiger partial charge in [0.1, 0.15) is 0 Å². The molecule has 9 heteroatoms. The van der Waals surface area contributed by atoms with Gasteiger partial charge in [0.05, 0.1) is 31.7 Å². The second-order valence-electron chi connectivity index (χ2n) is 5.52. The van der Waals surface area contributed by atoms with E-state index in [9.17, 15) is 14.9 Å². The second-order valence-corrected chi connectivity index (χ2v) is 7.31. The minimum atomic E-state index is -0.502. The van der Waals surface area contributed by atoms with E-state index in [0.717, 1.165) is 4.70 Å². The van der Waals surface area contributed by atoms with E-state index < -0.39 is 10.8 Å². The lowest BCUT2D eigenvalue weighted by molar-refractivity contribution is -0.384. The number of aromatic nitrogens is 1. The fourth-order valence-corrected chi connectivity index (χ4v) is 3.95. The lowest BCUT2D eigenvalue weighted by Crippen LogP contribution is -2.16. The molecule has 1 amide bonds. The predicted octanol–water partition coefficient (Wildman–Crippen LogP) is 4.69. The average molecular weight is 432 g/mol. The molecular formula is C19H11Cl2N3O3S. The zero-order valence-electron chi connectivity index (χ0n) is 14.1. The lowest BCUT2D eigenvalue weighted by atomic mass is 10.2. The van der Waals surface area contributed by atoms with E-state index in [2.05, 4.69) is 10.9 Å². The molecule has 0 aliphatic rings. The van der Waals surface area contributed by atoms with Gasteiger partial charge < -0.3 is 4.57 Å². The van der Waals surface area contributed by atoms with Gasteiger partial charge in [-0.2, -0.15) is 4.99 Å². The van der Waals surface area contributed by atoms with Crippen molar-refractivity contribution in [3.8, 4) is 12.3 Å². The van der Waals surface area contributed by atoms with Crippen molar-refractivity contribution in [1.29, 1.82) is 0 Å². The minimum Gasteiger partial charge on any atom is -0.303 e. The summed E-state index contributed by atoms with van der Waals surface area (Å²) in [7, 11) is 0. The first-order chi connectivity index (χ1) is 13.4. The minimum absolute atomic E-state index is 0.0238. The van der Waals surface area contributed by atoms with Gasteiger partial charge in [0, 0.05) is 18.2 Å². The predicted molar refractivity (Wildman–Crippen MR) is 111 cm³/mol. The van der Waals surface area contributed by atoms with Gasteiger partial charge in [0.25, 0.3) is 11.6 Å². The summed E-state index contributed by atoms with van der Waals surface area (Å²) < 4.78 is 2.46. The highest BCUT2D eigenvalue weighted by Gasteiger charge is 2.12. The molecule has 0 fully saturated rings. The van der Waals surface area contributed by atoms with Crippen molar-refractivity contribution in [2.75, 3.05) is 0 Å². The highest BCUT2D eigenvalue weighted by atomic mass is 35.5. The van der Waals surface area contributed by atoms with Crippen LogP contribution in [0.3, 0.4) is 0 Å². The Kier molecular flexibility index (Phi) is 5.95. The number of carbonyl (C=O) groups is 1. The third-order valence-electron chi connectivity index (χ3n) is 3.71. The largest absolute Gasteiger partial charge is 0.303 e. The molecule has 0 unspecified atom stereocenters. The molecule has 0 bridgehead atoms. The van der Waals surface area contributed by atoms with E-state index in [0.29, 0.717) is 25.9 Å². The van der Waals surface area contributed by atoms with Gasteiger partial charge in [-0.1, -0.05) is 40.5 Å². The molecule has 1 aromatic heterocycles. The Hall–Kier alpha value is -2.92. The number of nitrogens with zero attached hydrogens (tertiary/aromatic N) is 3. The van der Waals surface area contributed by atoms with Gasteiger partial charge in [0.2, 0.25) is 0 Å². The molecule has 0 saturated heterocycles. The number of hydrogen-bond donors (Lipinski definition) is 0. The molecule has 0 spiro atoms. The highest BCUT2D eigenvalue weighted by Crippen LogP contribution is 2.32. The summed E-state index contributed by atoms with van der Waals surface area (Å²) >= 11 is 13.6. The zero-order chi connectivity index (χ0) is 20.3. The molecule has 3 aromatic rings. The number of hydrogen-bond acceptors (Lipinski definition) is 4. The maximum atomic E-state index is 12.3. The van der Waals surface area contributed by atoms with Crippen molar-refractivity contribution >= 4 is 62.4 Å². The van der Waals surface area contributed by atoms with Gasteiger partial charge in [-0.25, -0.2) is 0 Å². The number of thiazole rings is 1. The molecule has 0 atom stereocenters. The molecule has 6 nitrogen and oxygen atoms in total. The molecule has 0 saturated carbocycles. The number of terminal acetylenes is 1. The van der Waals surface area contributed by atoms with Gasteiger partial charge in [-0.05, 0) is 35.9 Å². The monoisotopic (exact) mass is 431 g/mol. The number of non-ortho nitro benzene ring substituents is 1. The number of amides is 1. The second kappa shape index (κ2) is 8.40. The first-order valence-electron chi connectivity index (χ1n) is 7.82. The normalized spacial score (nSPS) is 11.8. The van der Waals surface area contributed by atoms with E-state index >= 15 is 0 Å². The molecule has 3 rings (SSSR count). The maximum absolute atomic E-state index is 12.3. The van der Waals surface area contributed by atoms with Crippen molar-refractivity contribution in [3.63, 3.8) is 0 Å². The van der Waals surface area contributed by atoms with Crippen molar-refractivity contribution in [2.45, 2.75) is 6.54 Å². The average Bonchev–Trinajstić information content (AvgIpc) is 3.01. The number of carbonyl (C=O) groups excluding carboxylic acids is 1. The summed E-state index contributed by atoms with van der Waals surface area (Å²) in [5.41, 5.74) is 1.24. The van der Waals surface area contributed by atoms with Crippen LogP contribution in [0.15, 0.2) is 47.5 Å². The van der Waals surface area contributed by atoms with E-state index in [4.69, 9.17) is 29.6 Å². The Morgan fingerprint density at radius 1 is 1.29 bits per heavy atom. The first-order valence-corrected chi connectivity index (χ1v) is 9.40. The van der Waals surface area contributed by atoms with E-state index in [-0.39, 0.29) is 12.2 Å². The summed E-state index contributed by atoms with van der Waals surface area (Å²) in [5, 5.41) is 11.4. The topological polar surface area (TPSA) is 77.5 Å². The van der Waals surface area contributed by atoms with Crippen LogP contribution in [0.1, 0.15) is 5.56 Å². The van der Waals surface area contributed by atoms with Crippen molar-refractivity contribution < 1.29 is 9.72 Å². The van der Waals surface area contributed by atoms with Crippen LogP contribution >= 0.6 is 34.5 Å². The number of nitro groups is 1. The fraction of sp³-hybridized carbons (Fsp3) is 0.0526. The fourth-order valence-electron chi connectivity index (χ4n) is 2.43. The summed E-state index contributed by atoms with van der Waals surface area (Å²) in [6.07, 6.45) is 8.24. The molecule has 140 valence electrons. The third-order valence-corrected chi connectivity index (χ3v) is 5.55. The molecule has 0 radical (unpaired) electrons. The van der Waals surface area contributed by atoms with Crippen LogP contribution < -0.4 is 4.80 Å². The van der Waals surface area contributed by atoms with Crippen LogP contribution in [-0.2, 0) is 11.3 Å². The van der Waals surface area contributed by atoms with Gasteiger partial charge in [0.15, 0.2) is 4.80 Å². The molecule has 2 aromatic carbocycles. The molecule has 0 aliphatic carbocycles. The van der Waals surface area contributed by atoms with Crippen LogP contribution in [0.4, 0.5) is 5.69 Å². The standard InChI is InChI=1S/C19H11Cl2N3O3S/c1-2-11-23-18-15(9-8-14(20)17(18)21)28-19(23)22-16(25)10-5-12-3-6-13(7-4-12)24(26)27/h1,3-10H,11H2/b10-5-,22-19?. The van der Waals surface area contributed by atoms with E-state index in [1.54, 1.807) is 28.8 Å². The number of rotatable bonds is 4. The van der Waals surface area contributed by atoms with Gasteiger partial charge >= 0.3 is 0 Å². The molecule has 0 aliphatic heterocycles. The SMILES string of the molecule is C#CCn1c(=NC(=O)/C=C\c2ccc([N+](=O)[O-])cc2)sc2ccc(Cl)c(Cl)c21. The van der Waals surface area contributed by atoms with Crippen LogP contribution in [0.2, 0.25) is 10.0 Å². The first kappa shape index (κ1) is 19.8. The summed E-state index contributed by atoms with van der Waals surface area (Å²) in [6, 6.07) is 9.27. The van der Waals surface area contributed by atoms with Gasteiger partial charge in [-0.3, -0.25) is 14.9 Å². The summed E-state index contributed by atoms with van der Waals surface area (Å²) in [4.78, 5) is 26.9. The molecular weight excluding hydrogens is 421 g/mol. The van der Waals surface area contributed by atoms with Crippen molar-refractivity contribution in [1.82, 2.24) is 4.57 Å². The van der Waals surface area contributed by atoms with Crippen LogP contribution in [0, 0.1) is 22.5 Å². The Morgan fingerprint density at radius 2 is 2.00 bits per heavy atom. The van der Waals surface area contributed by atoms with Crippen LogP contribution in [0.25, 0.3) is 16.3 Å². The lowest BCUT2D eigenvalue weighted by Gasteiger charge is -2.02. The number of halogens is 2. The molecule has 1 heterocycles. The maximum Gasteiger partial charge on any atom is 0.272 e. The van der Waals surface area contributed by atoms with Crippen LogP contribution in [-0.4, -0.2) is 15.4 Å². The van der Waals surface area contributed by atoms with Crippen LogP contribution in [0.5, 0.6) is 0 Å². The highest BCUT2D eigenvalue weighted by molar-refractivity contribution is 7.16. The summed E-state index contributed by atoms with van der Waals surface area (Å²) in [5.74, 6) is 2.02.